The Morgan fingerprint density at radius 3 is 2.59 bits per heavy atom. The van der Waals surface area contributed by atoms with Crippen LogP contribution in [0.5, 0.6) is 5.75 Å². The number of carbonyl (C=O) groups excluding carboxylic acids is 1. The van der Waals surface area contributed by atoms with Crippen LogP contribution < -0.4 is 4.74 Å². The van der Waals surface area contributed by atoms with E-state index in [4.69, 9.17) is 16.3 Å². The fraction of sp³-hybridized carbons (Fsp3) is 0.474. The van der Waals surface area contributed by atoms with Crippen LogP contribution in [-0.2, 0) is 23.0 Å². The second-order valence-electron chi connectivity index (χ2n) is 7.18. The molecule has 0 radical (unpaired) electrons. The van der Waals surface area contributed by atoms with Crippen LogP contribution in [0.4, 0.5) is 0 Å². The zero-order valence-corrected chi connectivity index (χ0v) is 17.7. The number of carbonyl (C=O) groups is 1. The molecule has 0 unspecified atom stereocenters. The second-order valence-corrected chi connectivity index (χ2v) is 9.52. The van der Waals surface area contributed by atoms with Gasteiger partial charge in [-0.25, -0.2) is 8.42 Å². The zero-order chi connectivity index (χ0) is 20.6. The van der Waals surface area contributed by atoms with Crippen LogP contribution in [0.3, 0.4) is 0 Å². The molecule has 2 aliphatic heterocycles. The van der Waals surface area contributed by atoms with E-state index in [0.717, 1.165) is 31.5 Å². The lowest BCUT2D eigenvalue weighted by Crippen LogP contribution is -2.50. The Hall–Kier alpha value is -2.10. The Bertz CT molecular complexity index is 1030. The van der Waals surface area contributed by atoms with Crippen molar-refractivity contribution in [2.75, 3.05) is 33.3 Å². The smallest absolute Gasteiger partial charge is 0.257 e. The SMILES string of the molecule is COc1ccc(S(=O)(=O)N2CCN(C(=O)c3cnn4c3CCCC4)CC2)cc1Cl. The lowest BCUT2D eigenvalue weighted by molar-refractivity contribution is 0.0696. The Balaban J connectivity index is 1.45. The molecule has 8 nitrogen and oxygen atoms in total. The number of halogens is 1. The number of piperazine rings is 1. The normalized spacial score (nSPS) is 17.8. The van der Waals surface area contributed by atoms with Crippen LogP contribution in [0.1, 0.15) is 28.9 Å². The molecule has 1 amide bonds. The summed E-state index contributed by atoms with van der Waals surface area (Å²) in [6, 6.07) is 4.42. The fourth-order valence-electron chi connectivity index (χ4n) is 3.86. The third kappa shape index (κ3) is 3.74. The number of rotatable bonds is 4. The van der Waals surface area contributed by atoms with Crippen LogP contribution in [-0.4, -0.2) is 66.6 Å². The Morgan fingerprint density at radius 2 is 1.90 bits per heavy atom. The number of fused-ring (bicyclic) bond motifs is 1. The van der Waals surface area contributed by atoms with Crippen molar-refractivity contribution in [3.63, 3.8) is 0 Å². The zero-order valence-electron chi connectivity index (χ0n) is 16.2. The topological polar surface area (TPSA) is 84.7 Å². The Morgan fingerprint density at radius 1 is 1.14 bits per heavy atom. The molecule has 1 fully saturated rings. The first kappa shape index (κ1) is 20.2. The first-order chi connectivity index (χ1) is 13.9. The third-order valence-electron chi connectivity index (χ3n) is 5.50. The van der Waals surface area contributed by atoms with Gasteiger partial charge in [0.15, 0.2) is 0 Å². The first-order valence-corrected chi connectivity index (χ1v) is 11.4. The van der Waals surface area contributed by atoms with Crippen molar-refractivity contribution < 1.29 is 17.9 Å². The van der Waals surface area contributed by atoms with E-state index in [1.165, 1.54) is 29.6 Å². The summed E-state index contributed by atoms with van der Waals surface area (Å²) in [5.74, 6) is 0.350. The molecule has 1 saturated heterocycles. The summed E-state index contributed by atoms with van der Waals surface area (Å²) in [4.78, 5) is 14.8. The van der Waals surface area contributed by atoms with Crippen LogP contribution in [0, 0.1) is 0 Å². The minimum atomic E-state index is -3.69. The number of hydrogen-bond acceptors (Lipinski definition) is 5. The van der Waals surface area contributed by atoms with Gasteiger partial charge in [0.25, 0.3) is 5.91 Å². The average Bonchev–Trinajstić information content (AvgIpc) is 3.17. The molecule has 0 saturated carbocycles. The van der Waals surface area contributed by atoms with E-state index in [-0.39, 0.29) is 28.9 Å². The van der Waals surface area contributed by atoms with Crippen LogP contribution >= 0.6 is 11.6 Å². The highest BCUT2D eigenvalue weighted by atomic mass is 35.5. The predicted molar refractivity (Wildman–Crippen MR) is 108 cm³/mol. The summed E-state index contributed by atoms with van der Waals surface area (Å²) in [6.45, 7) is 2.00. The number of benzene rings is 1. The maximum atomic E-state index is 12.9. The number of aryl methyl sites for hydroxylation is 1. The summed E-state index contributed by atoms with van der Waals surface area (Å²) in [7, 11) is -2.21. The molecule has 1 aromatic heterocycles. The van der Waals surface area contributed by atoms with E-state index in [2.05, 4.69) is 5.10 Å². The standard InChI is InChI=1S/C19H23ClN4O4S/c1-28-18-6-5-14(12-16(18)20)29(26,27)23-10-8-22(9-11-23)19(25)15-13-21-24-7-3-2-4-17(15)24/h5-6,12-13H,2-4,7-11H2,1H3. The number of ether oxygens (including phenoxy) is 1. The molecule has 1 aromatic carbocycles. The van der Waals surface area contributed by atoms with E-state index >= 15 is 0 Å². The summed E-state index contributed by atoms with van der Waals surface area (Å²) in [6.07, 6.45) is 4.63. The molecule has 10 heteroatoms. The molecule has 0 aliphatic carbocycles. The predicted octanol–water partition coefficient (Wildman–Crippen LogP) is 2.03. The molecule has 29 heavy (non-hydrogen) atoms. The lowest BCUT2D eigenvalue weighted by Gasteiger charge is -2.34. The molecule has 0 bridgehead atoms. The monoisotopic (exact) mass is 438 g/mol. The molecule has 0 atom stereocenters. The molecule has 0 spiro atoms. The minimum Gasteiger partial charge on any atom is -0.495 e. The van der Waals surface area contributed by atoms with Crippen LogP contribution in [0.2, 0.25) is 5.02 Å². The van der Waals surface area contributed by atoms with E-state index in [1.54, 1.807) is 11.1 Å². The van der Waals surface area contributed by atoms with Crippen molar-refractivity contribution >= 4 is 27.5 Å². The van der Waals surface area contributed by atoms with E-state index in [9.17, 15) is 13.2 Å². The van der Waals surface area contributed by atoms with Gasteiger partial charge in [-0.2, -0.15) is 9.40 Å². The van der Waals surface area contributed by atoms with Crippen molar-refractivity contribution in [2.45, 2.75) is 30.7 Å². The van der Waals surface area contributed by atoms with Crippen molar-refractivity contribution in [1.82, 2.24) is 19.0 Å². The maximum absolute atomic E-state index is 12.9. The highest BCUT2D eigenvalue weighted by Gasteiger charge is 2.32. The van der Waals surface area contributed by atoms with Gasteiger partial charge in [0.2, 0.25) is 10.0 Å². The number of sulfonamides is 1. The molecule has 2 aromatic rings. The molecule has 4 rings (SSSR count). The summed E-state index contributed by atoms with van der Waals surface area (Å²) < 4.78 is 34.3. The van der Waals surface area contributed by atoms with Gasteiger partial charge < -0.3 is 9.64 Å². The van der Waals surface area contributed by atoms with Gasteiger partial charge in [-0.3, -0.25) is 9.48 Å². The highest BCUT2D eigenvalue weighted by molar-refractivity contribution is 7.89. The summed E-state index contributed by atoms with van der Waals surface area (Å²) in [5.41, 5.74) is 1.63. The van der Waals surface area contributed by atoms with E-state index < -0.39 is 10.0 Å². The van der Waals surface area contributed by atoms with Crippen molar-refractivity contribution in [3.05, 3.63) is 40.7 Å². The van der Waals surface area contributed by atoms with Gasteiger partial charge >= 0.3 is 0 Å². The van der Waals surface area contributed by atoms with Crippen molar-refractivity contribution in [3.8, 4) is 5.75 Å². The quantitative estimate of drug-likeness (QED) is 0.729. The Labute approximate surface area is 175 Å². The van der Waals surface area contributed by atoms with Crippen LogP contribution in [0.25, 0.3) is 0 Å². The molecule has 156 valence electrons. The molecule has 3 heterocycles. The number of methoxy groups -OCH3 is 1. The number of nitrogens with zero attached hydrogens (tertiary/aromatic N) is 4. The first-order valence-electron chi connectivity index (χ1n) is 9.59. The van der Waals surface area contributed by atoms with E-state index in [0.29, 0.717) is 24.4 Å². The molecule has 2 aliphatic rings. The molecular weight excluding hydrogens is 416 g/mol. The Kier molecular flexibility index (Phi) is 5.54. The van der Waals surface area contributed by atoms with Gasteiger partial charge in [-0.1, -0.05) is 11.6 Å². The number of hydrogen-bond donors (Lipinski definition) is 0. The second kappa shape index (κ2) is 7.97. The van der Waals surface area contributed by atoms with Gasteiger partial charge in [0, 0.05) is 32.7 Å². The average molecular weight is 439 g/mol. The molecular formula is C19H23ClN4O4S. The largest absolute Gasteiger partial charge is 0.495 e. The minimum absolute atomic E-state index is 0.0716. The van der Waals surface area contributed by atoms with Gasteiger partial charge in [-0.15, -0.1) is 0 Å². The van der Waals surface area contributed by atoms with Gasteiger partial charge in [-0.05, 0) is 37.5 Å². The third-order valence-corrected chi connectivity index (χ3v) is 7.69. The number of amides is 1. The molecule has 0 N–H and O–H groups in total. The van der Waals surface area contributed by atoms with Gasteiger partial charge in [0.05, 0.1) is 34.5 Å². The van der Waals surface area contributed by atoms with Crippen LogP contribution in [0.15, 0.2) is 29.3 Å². The number of aromatic nitrogens is 2. The van der Waals surface area contributed by atoms with E-state index in [1.807, 2.05) is 4.68 Å². The maximum Gasteiger partial charge on any atom is 0.257 e. The summed E-state index contributed by atoms with van der Waals surface area (Å²) in [5, 5.41) is 4.57. The highest BCUT2D eigenvalue weighted by Crippen LogP contribution is 2.29. The summed E-state index contributed by atoms with van der Waals surface area (Å²) >= 11 is 6.09. The van der Waals surface area contributed by atoms with Gasteiger partial charge in [0.1, 0.15) is 5.75 Å². The fourth-order valence-corrected chi connectivity index (χ4v) is 5.63. The lowest BCUT2D eigenvalue weighted by atomic mass is 10.1. The van der Waals surface area contributed by atoms with Crippen molar-refractivity contribution in [2.24, 2.45) is 0 Å². The van der Waals surface area contributed by atoms with Crippen molar-refractivity contribution in [1.29, 1.82) is 0 Å².